The van der Waals surface area contributed by atoms with Crippen molar-refractivity contribution in [3.05, 3.63) is 38.4 Å². The molecule has 142 valence electrons. The third kappa shape index (κ3) is 4.31. The van der Waals surface area contributed by atoms with Crippen LogP contribution in [0.3, 0.4) is 0 Å². The van der Waals surface area contributed by atoms with Gasteiger partial charge in [-0.15, -0.1) is 0 Å². The molecule has 2 aromatic rings. The number of halogens is 3. The van der Waals surface area contributed by atoms with Crippen molar-refractivity contribution in [3.63, 3.8) is 0 Å². The van der Waals surface area contributed by atoms with Crippen molar-refractivity contribution in [3.8, 4) is 5.75 Å². The lowest BCUT2D eigenvalue weighted by Crippen LogP contribution is -2.36. The molecule has 4 N–H and O–H groups in total. The first-order valence-corrected chi connectivity index (χ1v) is 8.36. The number of aromatic amines is 1. The minimum Gasteiger partial charge on any atom is -0.481 e. The molecule has 0 saturated heterocycles. The Morgan fingerprint density at radius 1 is 1.27 bits per heavy atom. The smallest absolute Gasteiger partial charge is 0.420 e. The lowest BCUT2D eigenvalue weighted by molar-refractivity contribution is -0.143. The van der Waals surface area contributed by atoms with Crippen LogP contribution in [-0.2, 0) is 21.8 Å². The highest BCUT2D eigenvalue weighted by molar-refractivity contribution is 7.50. The Morgan fingerprint density at radius 2 is 1.88 bits per heavy atom. The molecule has 14 heteroatoms. The number of rotatable bonds is 5. The van der Waals surface area contributed by atoms with E-state index in [0.717, 1.165) is 0 Å². The number of aromatic nitrogens is 2. The van der Waals surface area contributed by atoms with E-state index in [0.29, 0.717) is 16.7 Å². The topological polar surface area (TPSA) is 159 Å². The summed E-state index contributed by atoms with van der Waals surface area (Å²) in [7, 11) is -4.88. The van der Waals surface area contributed by atoms with E-state index < -0.39 is 66.1 Å². The van der Waals surface area contributed by atoms with E-state index >= 15 is 0 Å². The summed E-state index contributed by atoms with van der Waals surface area (Å²) >= 11 is 0. The van der Waals surface area contributed by atoms with Gasteiger partial charge in [-0.05, 0) is 6.07 Å². The first-order chi connectivity index (χ1) is 11.8. The van der Waals surface area contributed by atoms with Crippen molar-refractivity contribution in [1.29, 1.82) is 0 Å². The van der Waals surface area contributed by atoms with Gasteiger partial charge in [-0.2, -0.15) is 13.2 Å². The minimum absolute atomic E-state index is 0.294. The van der Waals surface area contributed by atoms with Crippen LogP contribution in [0.15, 0.2) is 21.7 Å². The zero-order valence-corrected chi connectivity index (χ0v) is 13.4. The molecule has 10 nitrogen and oxygen atoms in total. The summed E-state index contributed by atoms with van der Waals surface area (Å²) in [6.07, 6.45) is -6.26. The number of carboxylic acid groups (broad SMARTS) is 1. The number of fused-ring (bicyclic) bond motifs is 1. The highest BCUT2D eigenvalue weighted by Crippen LogP contribution is 2.40. The van der Waals surface area contributed by atoms with Crippen molar-refractivity contribution in [2.45, 2.75) is 12.5 Å². The highest BCUT2D eigenvalue weighted by Gasteiger charge is 2.35. The lowest BCUT2D eigenvalue weighted by Gasteiger charge is -2.16. The summed E-state index contributed by atoms with van der Waals surface area (Å²) in [6.45, 7) is -1.14. The molecule has 1 aromatic heterocycles. The summed E-state index contributed by atoms with van der Waals surface area (Å²) in [4.78, 5) is 53.9. The molecule has 0 spiro atoms. The summed E-state index contributed by atoms with van der Waals surface area (Å²) in [6, 6.07) is 0.956. The molecular formula is C12H10F3N2O8P. The molecule has 0 fully saturated rings. The van der Waals surface area contributed by atoms with Gasteiger partial charge in [0.1, 0.15) is 12.0 Å². The normalized spacial score (nSPS) is 12.3. The molecule has 1 aromatic carbocycles. The van der Waals surface area contributed by atoms with Crippen LogP contribution in [0.1, 0.15) is 5.56 Å². The van der Waals surface area contributed by atoms with Gasteiger partial charge in [0.2, 0.25) is 0 Å². The first kappa shape index (κ1) is 19.7. The number of H-pyrrole nitrogens is 1. The monoisotopic (exact) mass is 398 g/mol. The molecule has 0 aliphatic heterocycles. The largest absolute Gasteiger partial charge is 0.481 e. The fourth-order valence-electron chi connectivity index (χ4n) is 2.11. The first-order valence-electron chi connectivity index (χ1n) is 6.57. The Hall–Kier alpha value is -2.63. The van der Waals surface area contributed by atoms with Gasteiger partial charge in [-0.25, -0.2) is 4.79 Å². The van der Waals surface area contributed by atoms with Crippen molar-refractivity contribution < 1.29 is 42.2 Å². The van der Waals surface area contributed by atoms with Gasteiger partial charge in [-0.1, -0.05) is 0 Å². The number of ether oxygens (including phenoxy) is 1. The van der Waals surface area contributed by atoms with E-state index in [9.17, 15) is 32.1 Å². The molecule has 0 unspecified atom stereocenters. The molecular weight excluding hydrogens is 388 g/mol. The van der Waals surface area contributed by atoms with Crippen LogP contribution in [0, 0.1) is 0 Å². The molecule has 1 heterocycles. The van der Waals surface area contributed by atoms with E-state index in [4.69, 9.17) is 14.9 Å². The maximum Gasteiger partial charge on any atom is 0.420 e. The molecule has 0 bridgehead atoms. The predicted octanol–water partition coefficient (Wildman–Crippen LogP) is 0.307. The number of hydrogen-bond acceptors (Lipinski definition) is 5. The second kappa shape index (κ2) is 6.59. The zero-order chi connectivity index (χ0) is 19.9. The highest BCUT2D eigenvalue weighted by atomic mass is 31.2. The van der Waals surface area contributed by atoms with Crippen LogP contribution >= 0.6 is 7.60 Å². The number of hydrogen-bond donors (Lipinski definition) is 4. The predicted molar refractivity (Wildman–Crippen MR) is 79.0 cm³/mol. The number of carbonyl (C=O) groups is 1. The average molecular weight is 398 g/mol. The number of carboxylic acids is 1. The minimum atomic E-state index is -5.00. The zero-order valence-electron chi connectivity index (χ0n) is 12.5. The molecule has 2 rings (SSSR count). The van der Waals surface area contributed by atoms with Crippen LogP contribution < -0.4 is 15.9 Å². The number of benzene rings is 1. The van der Waals surface area contributed by atoms with Crippen LogP contribution in [0.5, 0.6) is 5.75 Å². The van der Waals surface area contributed by atoms with Crippen molar-refractivity contribution >= 4 is 24.6 Å². The second-order valence-corrected chi connectivity index (χ2v) is 6.65. The van der Waals surface area contributed by atoms with E-state index in [1.54, 1.807) is 0 Å². The maximum absolute atomic E-state index is 13.1. The Kier molecular flexibility index (Phi) is 4.99. The van der Waals surface area contributed by atoms with Crippen LogP contribution in [0.25, 0.3) is 11.0 Å². The number of nitrogens with zero attached hydrogens (tertiary/aromatic N) is 1. The Morgan fingerprint density at radius 3 is 2.38 bits per heavy atom. The van der Waals surface area contributed by atoms with E-state index in [2.05, 4.69) is 4.74 Å². The van der Waals surface area contributed by atoms with Gasteiger partial charge in [0.25, 0.3) is 0 Å². The van der Waals surface area contributed by atoms with Gasteiger partial charge >= 0.3 is 30.9 Å². The maximum atomic E-state index is 13.1. The Balaban J connectivity index is 2.84. The summed E-state index contributed by atoms with van der Waals surface area (Å²) in [5.41, 5.74) is -5.27. The van der Waals surface area contributed by atoms with E-state index in [-0.39, 0.29) is 0 Å². The molecule has 0 aliphatic carbocycles. The molecule has 0 atom stereocenters. The second-order valence-electron chi connectivity index (χ2n) is 5.04. The summed E-state index contributed by atoms with van der Waals surface area (Å²) in [5.74, 6) is -2.56. The van der Waals surface area contributed by atoms with E-state index in [1.165, 1.54) is 0 Å². The van der Waals surface area contributed by atoms with E-state index in [1.807, 2.05) is 4.98 Å². The van der Waals surface area contributed by atoms with Crippen LogP contribution in [0.2, 0.25) is 0 Å². The molecule has 0 aliphatic rings. The number of alkyl halides is 3. The summed E-state index contributed by atoms with van der Waals surface area (Å²) in [5, 5.41) is 8.56. The van der Waals surface area contributed by atoms with Gasteiger partial charge < -0.3 is 24.6 Å². The van der Waals surface area contributed by atoms with Gasteiger partial charge in [0.05, 0.1) is 16.6 Å². The Labute approximate surface area is 140 Å². The van der Waals surface area contributed by atoms with Gasteiger partial charge in [0, 0.05) is 6.07 Å². The van der Waals surface area contributed by atoms with Crippen molar-refractivity contribution in [2.75, 3.05) is 6.61 Å². The van der Waals surface area contributed by atoms with Crippen molar-refractivity contribution in [1.82, 2.24) is 9.55 Å². The van der Waals surface area contributed by atoms with Gasteiger partial charge in [0.15, 0.2) is 6.61 Å². The third-order valence-corrected chi connectivity index (χ3v) is 3.71. The van der Waals surface area contributed by atoms with Gasteiger partial charge in [-0.3, -0.25) is 18.7 Å². The fraction of sp³-hybridized carbons (Fsp3) is 0.250. The molecule has 0 amide bonds. The molecule has 0 radical (unpaired) electrons. The standard InChI is InChI=1S/C12H10F3N2O8P/c13-12(14,15)5-1-6-7(2-8(5)25-3-9(18)19)17(4-26(22,23)24)11(21)10(20)16-6/h1-2H,3-4H2,(H,16,20)(H,18,19)(H2,22,23,24). The fourth-order valence-corrected chi connectivity index (χ4v) is 2.75. The van der Waals surface area contributed by atoms with Crippen LogP contribution in [0.4, 0.5) is 13.2 Å². The molecule has 0 saturated carbocycles. The van der Waals surface area contributed by atoms with Crippen molar-refractivity contribution in [2.24, 2.45) is 0 Å². The Bertz CT molecular complexity index is 1040. The number of nitrogens with one attached hydrogen (secondary N) is 1. The molecule has 26 heavy (non-hydrogen) atoms. The quantitative estimate of drug-likeness (QED) is 0.414. The lowest BCUT2D eigenvalue weighted by atomic mass is 10.1. The van der Waals surface area contributed by atoms with Crippen LogP contribution in [-0.4, -0.2) is 37.0 Å². The number of aliphatic carboxylic acids is 1. The SMILES string of the molecule is O=C(O)COc1cc2c(cc1C(F)(F)F)[nH]c(=O)c(=O)n2CP(=O)(O)O. The third-order valence-electron chi connectivity index (χ3n) is 3.06. The summed E-state index contributed by atoms with van der Waals surface area (Å²) < 4.78 is 55.4. The average Bonchev–Trinajstić information content (AvgIpc) is 2.47.